The Bertz CT molecular complexity index is 396. The smallest absolute Gasteiger partial charge is 0.130 e. The molecule has 0 bridgehead atoms. The second-order valence-corrected chi connectivity index (χ2v) is 4.70. The molecule has 1 N–H and O–H groups in total. The fraction of sp³-hybridized carbons (Fsp3) is 0.533. The first kappa shape index (κ1) is 15.5. The highest BCUT2D eigenvalue weighted by Crippen LogP contribution is 2.13. The Balaban J connectivity index is 2.42. The summed E-state index contributed by atoms with van der Waals surface area (Å²) in [5.41, 5.74) is 1.21. The van der Waals surface area contributed by atoms with Crippen LogP contribution < -0.4 is 10.1 Å². The molecule has 1 atom stereocenters. The number of hydrogen-bond donors (Lipinski definition) is 1. The van der Waals surface area contributed by atoms with Crippen LogP contribution in [0.25, 0.3) is 0 Å². The predicted molar refractivity (Wildman–Crippen MR) is 75.2 cm³/mol. The van der Waals surface area contributed by atoms with Gasteiger partial charge in [-0.25, -0.2) is 0 Å². The molecular weight excluding hydrogens is 240 g/mol. The zero-order valence-electron chi connectivity index (χ0n) is 11.8. The molecule has 0 aliphatic heterocycles. The van der Waals surface area contributed by atoms with Crippen LogP contribution >= 0.6 is 0 Å². The molecule has 0 saturated carbocycles. The Labute approximate surface area is 115 Å². The molecule has 0 radical (unpaired) electrons. The number of ether oxygens (including phenoxy) is 2. The summed E-state index contributed by atoms with van der Waals surface area (Å²) >= 11 is 0. The van der Waals surface area contributed by atoms with Crippen LogP contribution in [0.4, 0.5) is 0 Å². The van der Waals surface area contributed by atoms with Gasteiger partial charge in [0.15, 0.2) is 0 Å². The van der Waals surface area contributed by atoms with Crippen LogP contribution in [0.1, 0.15) is 19.4 Å². The van der Waals surface area contributed by atoms with Crippen LogP contribution in [0.15, 0.2) is 24.3 Å². The number of rotatable bonds is 8. The van der Waals surface area contributed by atoms with Crippen LogP contribution in [0, 0.1) is 11.3 Å². The minimum Gasteiger partial charge on any atom is -0.491 e. The summed E-state index contributed by atoms with van der Waals surface area (Å²) in [6.07, 6.45) is 0.895. The normalized spacial score (nSPS) is 12.2. The molecule has 0 aliphatic rings. The van der Waals surface area contributed by atoms with Gasteiger partial charge in [0, 0.05) is 13.2 Å². The van der Waals surface area contributed by atoms with Gasteiger partial charge in [0.2, 0.25) is 0 Å². The topological polar surface area (TPSA) is 54.3 Å². The number of nitriles is 1. The van der Waals surface area contributed by atoms with E-state index in [-0.39, 0.29) is 12.1 Å². The first-order valence-corrected chi connectivity index (χ1v) is 6.52. The summed E-state index contributed by atoms with van der Waals surface area (Å²) in [7, 11) is 1.70. The average Bonchev–Trinajstić information content (AvgIpc) is 2.42. The van der Waals surface area contributed by atoms with E-state index in [1.165, 1.54) is 5.56 Å². The third-order valence-corrected chi connectivity index (χ3v) is 2.63. The largest absolute Gasteiger partial charge is 0.491 e. The fourth-order valence-corrected chi connectivity index (χ4v) is 1.68. The van der Waals surface area contributed by atoms with Gasteiger partial charge >= 0.3 is 0 Å². The van der Waals surface area contributed by atoms with Crippen molar-refractivity contribution in [3.05, 3.63) is 29.8 Å². The van der Waals surface area contributed by atoms with Gasteiger partial charge in [-0.15, -0.1) is 0 Å². The molecule has 0 amide bonds. The first-order chi connectivity index (χ1) is 9.15. The Morgan fingerprint density at radius 2 is 1.95 bits per heavy atom. The molecule has 1 aromatic carbocycles. The van der Waals surface area contributed by atoms with Crippen LogP contribution in [-0.2, 0) is 11.2 Å². The fourth-order valence-electron chi connectivity index (χ4n) is 1.68. The summed E-state index contributed by atoms with van der Waals surface area (Å²) in [6, 6.07) is 10.1. The Morgan fingerprint density at radius 3 is 2.47 bits per heavy atom. The van der Waals surface area contributed by atoms with Gasteiger partial charge in [0.1, 0.15) is 18.4 Å². The monoisotopic (exact) mass is 262 g/mol. The number of nitrogens with zero attached hydrogens (tertiary/aromatic N) is 1. The summed E-state index contributed by atoms with van der Waals surface area (Å²) < 4.78 is 10.6. The van der Waals surface area contributed by atoms with E-state index in [1.807, 2.05) is 38.1 Å². The van der Waals surface area contributed by atoms with Gasteiger partial charge in [-0.05, 0) is 38.0 Å². The van der Waals surface area contributed by atoms with Gasteiger partial charge in [-0.1, -0.05) is 12.1 Å². The van der Waals surface area contributed by atoms with Crippen molar-refractivity contribution in [2.45, 2.75) is 32.4 Å². The SMILES string of the molecule is COCCc1ccc(OCC(C#N)NC(C)C)cc1. The number of hydrogen-bond acceptors (Lipinski definition) is 4. The van der Waals surface area contributed by atoms with Crippen LogP contribution in [0.5, 0.6) is 5.75 Å². The van der Waals surface area contributed by atoms with Gasteiger partial charge in [-0.3, -0.25) is 5.32 Å². The van der Waals surface area contributed by atoms with Crippen LogP contribution in [-0.4, -0.2) is 32.4 Å². The van der Waals surface area contributed by atoms with Crippen molar-refractivity contribution < 1.29 is 9.47 Å². The molecule has 19 heavy (non-hydrogen) atoms. The molecule has 4 nitrogen and oxygen atoms in total. The third kappa shape index (κ3) is 6.23. The predicted octanol–water partition coefficient (Wildman–Crippen LogP) is 2.14. The van der Waals surface area contributed by atoms with E-state index in [2.05, 4.69) is 11.4 Å². The lowest BCUT2D eigenvalue weighted by molar-refractivity contribution is 0.202. The molecule has 1 unspecified atom stereocenters. The molecular formula is C15H22N2O2. The minimum absolute atomic E-state index is 0.268. The quantitative estimate of drug-likeness (QED) is 0.780. The standard InChI is InChI=1S/C15H22N2O2/c1-12(2)17-14(10-16)11-19-15-6-4-13(5-7-15)8-9-18-3/h4-7,12,14,17H,8-9,11H2,1-3H3. The molecule has 0 heterocycles. The molecule has 4 heteroatoms. The van der Waals surface area contributed by atoms with Gasteiger partial charge in [0.25, 0.3) is 0 Å². The van der Waals surface area contributed by atoms with E-state index in [1.54, 1.807) is 7.11 Å². The van der Waals surface area contributed by atoms with Crippen molar-refractivity contribution in [1.29, 1.82) is 5.26 Å². The van der Waals surface area contributed by atoms with Crippen molar-refractivity contribution in [2.75, 3.05) is 20.3 Å². The molecule has 1 rings (SSSR count). The van der Waals surface area contributed by atoms with Crippen molar-refractivity contribution >= 4 is 0 Å². The number of benzene rings is 1. The molecule has 0 aromatic heterocycles. The zero-order valence-corrected chi connectivity index (χ0v) is 11.8. The van der Waals surface area contributed by atoms with E-state index < -0.39 is 0 Å². The second-order valence-electron chi connectivity index (χ2n) is 4.70. The maximum Gasteiger partial charge on any atom is 0.130 e. The Hall–Kier alpha value is -1.57. The zero-order chi connectivity index (χ0) is 14.1. The van der Waals surface area contributed by atoms with Crippen molar-refractivity contribution in [3.8, 4) is 11.8 Å². The number of methoxy groups -OCH3 is 1. The van der Waals surface area contributed by atoms with Gasteiger partial charge in [-0.2, -0.15) is 5.26 Å². The molecule has 0 saturated heterocycles. The van der Waals surface area contributed by atoms with Crippen molar-refractivity contribution in [2.24, 2.45) is 0 Å². The molecule has 0 fully saturated rings. The van der Waals surface area contributed by atoms with E-state index in [4.69, 9.17) is 14.7 Å². The van der Waals surface area contributed by atoms with Crippen molar-refractivity contribution in [1.82, 2.24) is 5.32 Å². The average molecular weight is 262 g/mol. The summed E-state index contributed by atoms with van der Waals surface area (Å²) in [5.74, 6) is 0.784. The highest BCUT2D eigenvalue weighted by molar-refractivity contribution is 5.27. The second kappa shape index (κ2) is 8.52. The third-order valence-electron chi connectivity index (χ3n) is 2.63. The van der Waals surface area contributed by atoms with Crippen LogP contribution in [0.2, 0.25) is 0 Å². The molecule has 1 aromatic rings. The highest BCUT2D eigenvalue weighted by Gasteiger charge is 2.09. The minimum atomic E-state index is -0.284. The maximum atomic E-state index is 8.99. The Kier molecular flexibility index (Phi) is 6.94. The van der Waals surface area contributed by atoms with Gasteiger partial charge in [0.05, 0.1) is 12.7 Å². The van der Waals surface area contributed by atoms with E-state index in [0.717, 1.165) is 18.8 Å². The number of nitrogens with one attached hydrogen (secondary N) is 1. The highest BCUT2D eigenvalue weighted by atomic mass is 16.5. The van der Waals surface area contributed by atoms with E-state index in [9.17, 15) is 0 Å². The lowest BCUT2D eigenvalue weighted by atomic mass is 10.1. The summed E-state index contributed by atoms with van der Waals surface area (Å²) in [6.45, 7) is 5.09. The maximum absolute atomic E-state index is 8.99. The van der Waals surface area contributed by atoms with E-state index >= 15 is 0 Å². The first-order valence-electron chi connectivity index (χ1n) is 6.52. The van der Waals surface area contributed by atoms with Gasteiger partial charge < -0.3 is 9.47 Å². The van der Waals surface area contributed by atoms with Crippen LogP contribution in [0.3, 0.4) is 0 Å². The molecule has 0 spiro atoms. The lowest BCUT2D eigenvalue weighted by Crippen LogP contribution is -2.37. The summed E-state index contributed by atoms with van der Waals surface area (Å²) in [5, 5.41) is 12.1. The van der Waals surface area contributed by atoms with Crippen molar-refractivity contribution in [3.63, 3.8) is 0 Å². The molecule has 104 valence electrons. The lowest BCUT2D eigenvalue weighted by Gasteiger charge is -2.15. The Morgan fingerprint density at radius 1 is 1.26 bits per heavy atom. The molecule has 0 aliphatic carbocycles. The summed E-state index contributed by atoms with van der Waals surface area (Å²) in [4.78, 5) is 0. The van der Waals surface area contributed by atoms with E-state index in [0.29, 0.717) is 6.61 Å².